The summed E-state index contributed by atoms with van der Waals surface area (Å²) in [5.41, 5.74) is -0.266. The van der Waals surface area contributed by atoms with Gasteiger partial charge in [-0.05, 0) is 25.0 Å². The van der Waals surface area contributed by atoms with E-state index in [1.165, 1.54) is 31.3 Å². The summed E-state index contributed by atoms with van der Waals surface area (Å²) in [5, 5.41) is 0. The molecule has 0 atom stereocenters. The van der Waals surface area contributed by atoms with Gasteiger partial charge in [0.2, 0.25) is 0 Å². The number of rotatable bonds is 5. The van der Waals surface area contributed by atoms with E-state index in [1.54, 1.807) is 0 Å². The van der Waals surface area contributed by atoms with E-state index in [-0.39, 0.29) is 29.1 Å². The van der Waals surface area contributed by atoms with Crippen LogP contribution in [0.25, 0.3) is 0 Å². The maximum atomic E-state index is 13.8. The van der Waals surface area contributed by atoms with Crippen LogP contribution in [0, 0.1) is 11.7 Å². The van der Waals surface area contributed by atoms with Gasteiger partial charge in [0.25, 0.3) is 5.91 Å². The van der Waals surface area contributed by atoms with Crippen LogP contribution >= 0.6 is 0 Å². The minimum absolute atomic E-state index is 0.218. The van der Waals surface area contributed by atoms with Crippen LogP contribution in [0.4, 0.5) is 4.39 Å². The Labute approximate surface area is 144 Å². The molecule has 1 aromatic rings. The molecule has 1 aliphatic rings. The molecule has 0 spiro atoms. The van der Waals surface area contributed by atoms with Gasteiger partial charge in [0.05, 0.1) is 25.7 Å². The van der Waals surface area contributed by atoms with Crippen molar-refractivity contribution < 1.29 is 33.0 Å². The third-order valence-electron chi connectivity index (χ3n) is 4.11. The van der Waals surface area contributed by atoms with Crippen LogP contribution in [0.1, 0.15) is 23.2 Å². The van der Waals surface area contributed by atoms with Crippen molar-refractivity contribution in [3.8, 4) is 5.75 Å². The first-order valence-corrected chi connectivity index (χ1v) is 7.82. The number of hydrogen-bond acceptors (Lipinski definition) is 6. The molecule has 136 valence electrons. The SMILES string of the molecule is COC(=O)C1CCN(C(=O)COC(=O)c2ccc(OC)cc2F)CC1. The highest BCUT2D eigenvalue weighted by Gasteiger charge is 2.28. The van der Waals surface area contributed by atoms with Gasteiger partial charge in [-0.2, -0.15) is 0 Å². The maximum Gasteiger partial charge on any atom is 0.341 e. The predicted octanol–water partition coefficient (Wildman–Crippen LogP) is 1.40. The van der Waals surface area contributed by atoms with Crippen molar-refractivity contribution in [2.75, 3.05) is 33.9 Å². The van der Waals surface area contributed by atoms with Crippen LogP contribution in [0.15, 0.2) is 18.2 Å². The highest BCUT2D eigenvalue weighted by atomic mass is 19.1. The second kappa shape index (κ2) is 8.46. The Morgan fingerprint density at radius 3 is 2.44 bits per heavy atom. The predicted molar refractivity (Wildman–Crippen MR) is 84.6 cm³/mol. The molecular weight excluding hydrogens is 333 g/mol. The van der Waals surface area contributed by atoms with Gasteiger partial charge in [-0.25, -0.2) is 9.18 Å². The van der Waals surface area contributed by atoms with Gasteiger partial charge in [-0.1, -0.05) is 0 Å². The lowest BCUT2D eigenvalue weighted by molar-refractivity contribution is -0.149. The molecule has 7 nitrogen and oxygen atoms in total. The Balaban J connectivity index is 1.84. The second-order valence-electron chi connectivity index (χ2n) is 5.60. The molecule has 0 N–H and O–H groups in total. The number of methoxy groups -OCH3 is 2. The van der Waals surface area contributed by atoms with Crippen molar-refractivity contribution in [3.05, 3.63) is 29.6 Å². The third-order valence-corrected chi connectivity index (χ3v) is 4.11. The van der Waals surface area contributed by atoms with Crippen molar-refractivity contribution in [1.29, 1.82) is 0 Å². The smallest absolute Gasteiger partial charge is 0.341 e. The topological polar surface area (TPSA) is 82.1 Å². The molecule has 0 radical (unpaired) electrons. The molecule has 2 rings (SSSR count). The fraction of sp³-hybridized carbons (Fsp3) is 0.471. The largest absolute Gasteiger partial charge is 0.497 e. The van der Waals surface area contributed by atoms with Crippen molar-refractivity contribution in [1.82, 2.24) is 4.90 Å². The summed E-state index contributed by atoms with van der Waals surface area (Å²) < 4.78 is 28.2. The van der Waals surface area contributed by atoms with Crippen LogP contribution in [-0.4, -0.2) is 56.7 Å². The van der Waals surface area contributed by atoms with E-state index in [9.17, 15) is 18.8 Å². The zero-order chi connectivity index (χ0) is 18.4. The second-order valence-corrected chi connectivity index (χ2v) is 5.60. The van der Waals surface area contributed by atoms with Crippen LogP contribution in [-0.2, 0) is 19.1 Å². The summed E-state index contributed by atoms with van der Waals surface area (Å²) in [4.78, 5) is 36.9. The number of halogens is 1. The quantitative estimate of drug-likeness (QED) is 0.745. The average molecular weight is 353 g/mol. The average Bonchev–Trinajstić information content (AvgIpc) is 2.65. The van der Waals surface area contributed by atoms with Crippen LogP contribution in [0.3, 0.4) is 0 Å². The standard InChI is InChI=1S/C17H20FNO6/c1-23-12-3-4-13(14(18)9-12)17(22)25-10-15(20)19-7-5-11(6-8-19)16(21)24-2/h3-4,9,11H,5-8,10H2,1-2H3. The third kappa shape index (κ3) is 4.68. The van der Waals surface area contributed by atoms with E-state index in [2.05, 4.69) is 4.74 Å². The highest BCUT2D eigenvalue weighted by molar-refractivity contribution is 5.91. The fourth-order valence-electron chi connectivity index (χ4n) is 2.62. The summed E-state index contributed by atoms with van der Waals surface area (Å²) in [7, 11) is 2.71. The van der Waals surface area contributed by atoms with Gasteiger partial charge in [0.1, 0.15) is 11.6 Å². The molecule has 0 saturated carbocycles. The molecule has 1 amide bonds. The highest BCUT2D eigenvalue weighted by Crippen LogP contribution is 2.19. The Kier molecular flexibility index (Phi) is 6.32. The molecule has 0 aromatic heterocycles. The van der Waals surface area contributed by atoms with E-state index >= 15 is 0 Å². The zero-order valence-corrected chi connectivity index (χ0v) is 14.1. The summed E-state index contributed by atoms with van der Waals surface area (Å²) in [6.07, 6.45) is 0.999. The van der Waals surface area contributed by atoms with Crippen LogP contribution in [0.2, 0.25) is 0 Å². The van der Waals surface area contributed by atoms with Gasteiger partial charge in [-0.15, -0.1) is 0 Å². The van der Waals surface area contributed by atoms with E-state index in [0.717, 1.165) is 6.07 Å². The number of benzene rings is 1. The first-order chi connectivity index (χ1) is 12.0. The number of carbonyl (C=O) groups is 3. The number of esters is 2. The summed E-state index contributed by atoms with van der Waals surface area (Å²) in [5.74, 6) is -2.31. The summed E-state index contributed by atoms with van der Waals surface area (Å²) in [6, 6.07) is 3.73. The number of ether oxygens (including phenoxy) is 3. The molecule has 1 aliphatic heterocycles. The van der Waals surface area contributed by atoms with E-state index in [0.29, 0.717) is 25.9 Å². The fourth-order valence-corrected chi connectivity index (χ4v) is 2.62. The summed E-state index contributed by atoms with van der Waals surface area (Å²) in [6.45, 7) is 0.285. The monoisotopic (exact) mass is 353 g/mol. The van der Waals surface area contributed by atoms with Crippen molar-refractivity contribution >= 4 is 17.8 Å². The van der Waals surface area contributed by atoms with E-state index < -0.39 is 18.4 Å². The molecule has 25 heavy (non-hydrogen) atoms. The Bertz CT molecular complexity index is 655. The first kappa shape index (κ1) is 18.7. The molecule has 0 bridgehead atoms. The molecule has 1 heterocycles. The number of nitrogens with zero attached hydrogens (tertiary/aromatic N) is 1. The zero-order valence-electron chi connectivity index (χ0n) is 14.1. The van der Waals surface area contributed by atoms with Crippen molar-refractivity contribution in [3.63, 3.8) is 0 Å². The number of amides is 1. The van der Waals surface area contributed by atoms with Crippen LogP contribution < -0.4 is 4.74 Å². The molecule has 0 unspecified atom stereocenters. The summed E-state index contributed by atoms with van der Waals surface area (Å²) >= 11 is 0. The molecule has 1 saturated heterocycles. The Hall–Kier alpha value is -2.64. The molecule has 8 heteroatoms. The van der Waals surface area contributed by atoms with E-state index in [4.69, 9.17) is 9.47 Å². The molecule has 1 aromatic carbocycles. The molecular formula is C17H20FNO6. The number of hydrogen-bond donors (Lipinski definition) is 0. The van der Waals surface area contributed by atoms with Crippen molar-refractivity contribution in [2.24, 2.45) is 5.92 Å². The number of carbonyl (C=O) groups excluding carboxylic acids is 3. The first-order valence-electron chi connectivity index (χ1n) is 7.82. The van der Waals surface area contributed by atoms with E-state index in [1.807, 2.05) is 0 Å². The lowest BCUT2D eigenvalue weighted by atomic mass is 9.97. The molecule has 1 fully saturated rings. The normalized spacial score (nSPS) is 14.8. The van der Waals surface area contributed by atoms with Gasteiger partial charge < -0.3 is 19.1 Å². The lowest BCUT2D eigenvalue weighted by Gasteiger charge is -2.30. The minimum atomic E-state index is -0.919. The Morgan fingerprint density at radius 2 is 1.88 bits per heavy atom. The van der Waals surface area contributed by atoms with Gasteiger partial charge >= 0.3 is 11.9 Å². The van der Waals surface area contributed by atoms with Crippen molar-refractivity contribution in [2.45, 2.75) is 12.8 Å². The van der Waals surface area contributed by atoms with Crippen LogP contribution in [0.5, 0.6) is 5.75 Å². The Morgan fingerprint density at radius 1 is 1.20 bits per heavy atom. The molecule has 0 aliphatic carbocycles. The van der Waals surface area contributed by atoms with Gasteiger partial charge in [0, 0.05) is 19.2 Å². The van der Waals surface area contributed by atoms with Gasteiger partial charge in [-0.3, -0.25) is 9.59 Å². The maximum absolute atomic E-state index is 13.8. The number of likely N-dealkylation sites (tertiary alicyclic amines) is 1. The lowest BCUT2D eigenvalue weighted by Crippen LogP contribution is -2.42. The minimum Gasteiger partial charge on any atom is -0.497 e. The van der Waals surface area contributed by atoms with Gasteiger partial charge in [0.15, 0.2) is 6.61 Å². The number of piperidine rings is 1.